The van der Waals surface area contributed by atoms with Crippen LogP contribution >= 0.6 is 11.3 Å². The normalized spacial score (nSPS) is 10.2. The molecule has 0 spiro atoms. The number of aryl methyl sites for hydroxylation is 1. The lowest BCUT2D eigenvalue weighted by Crippen LogP contribution is -2.23. The highest BCUT2D eigenvalue weighted by atomic mass is 32.1. The Balaban J connectivity index is 1.96. The van der Waals surface area contributed by atoms with E-state index in [1.165, 1.54) is 0 Å². The van der Waals surface area contributed by atoms with Crippen molar-refractivity contribution in [3.63, 3.8) is 0 Å². The highest BCUT2D eigenvalue weighted by Gasteiger charge is 2.16. The molecular formula is C15H16N2O3S. The lowest BCUT2D eigenvalue weighted by molar-refractivity contribution is 0.0526. The van der Waals surface area contributed by atoms with E-state index in [2.05, 4.69) is 10.3 Å². The number of esters is 1. The van der Waals surface area contributed by atoms with Crippen LogP contribution in [-0.2, 0) is 11.3 Å². The Hall–Kier alpha value is -2.21. The van der Waals surface area contributed by atoms with Gasteiger partial charge in [0.1, 0.15) is 5.69 Å². The number of nitrogens with zero attached hydrogens (tertiary/aromatic N) is 1. The molecule has 0 unspecified atom stereocenters. The molecule has 1 N–H and O–H groups in total. The van der Waals surface area contributed by atoms with Crippen molar-refractivity contribution in [2.45, 2.75) is 20.4 Å². The molecule has 0 bridgehead atoms. The number of carbonyl (C=O) groups excluding carboxylic acids is 2. The first kappa shape index (κ1) is 15.2. The zero-order chi connectivity index (χ0) is 15.2. The number of benzene rings is 1. The van der Waals surface area contributed by atoms with Gasteiger partial charge in [0.25, 0.3) is 5.91 Å². The summed E-state index contributed by atoms with van der Waals surface area (Å²) in [5, 5.41) is 4.53. The molecule has 1 aromatic heterocycles. The molecule has 1 aromatic carbocycles. The molecule has 1 amide bonds. The Bertz CT molecular complexity index is 652. The number of amides is 1. The van der Waals surface area contributed by atoms with Crippen molar-refractivity contribution in [1.82, 2.24) is 10.3 Å². The molecule has 0 aliphatic carbocycles. The summed E-state index contributed by atoms with van der Waals surface area (Å²) >= 11 is 1.10. The van der Waals surface area contributed by atoms with Gasteiger partial charge >= 0.3 is 5.97 Å². The van der Waals surface area contributed by atoms with E-state index in [1.54, 1.807) is 12.3 Å². The summed E-state index contributed by atoms with van der Waals surface area (Å²) in [6.07, 6.45) is 0. The largest absolute Gasteiger partial charge is 0.461 e. The van der Waals surface area contributed by atoms with Crippen LogP contribution in [0.3, 0.4) is 0 Å². The van der Waals surface area contributed by atoms with Gasteiger partial charge in [-0.1, -0.05) is 29.8 Å². The smallest absolute Gasteiger partial charge is 0.367 e. The quantitative estimate of drug-likeness (QED) is 0.862. The van der Waals surface area contributed by atoms with E-state index in [4.69, 9.17) is 4.74 Å². The number of hydrogen-bond donors (Lipinski definition) is 1. The minimum absolute atomic E-state index is 0.192. The molecule has 0 atom stereocenters. The van der Waals surface area contributed by atoms with Crippen molar-refractivity contribution in [3.05, 3.63) is 51.5 Å². The second-order valence-corrected chi connectivity index (χ2v) is 5.29. The summed E-state index contributed by atoms with van der Waals surface area (Å²) in [4.78, 5) is 27.5. The third-order valence-electron chi connectivity index (χ3n) is 2.72. The molecule has 0 fully saturated rings. The topological polar surface area (TPSA) is 68.3 Å². The Labute approximate surface area is 127 Å². The molecule has 0 aliphatic rings. The third-order valence-corrected chi connectivity index (χ3v) is 3.54. The first-order valence-electron chi connectivity index (χ1n) is 6.56. The minimum Gasteiger partial charge on any atom is -0.461 e. The number of rotatable bonds is 5. The highest BCUT2D eigenvalue weighted by Crippen LogP contribution is 2.11. The van der Waals surface area contributed by atoms with Crippen LogP contribution in [0.2, 0.25) is 0 Å². The third kappa shape index (κ3) is 4.13. The number of carbonyl (C=O) groups is 2. The van der Waals surface area contributed by atoms with E-state index in [0.29, 0.717) is 6.54 Å². The fraction of sp³-hybridized carbons (Fsp3) is 0.267. The average Bonchev–Trinajstić information content (AvgIpc) is 2.95. The Morgan fingerprint density at radius 3 is 2.90 bits per heavy atom. The summed E-state index contributed by atoms with van der Waals surface area (Å²) < 4.78 is 4.84. The van der Waals surface area contributed by atoms with E-state index in [0.717, 1.165) is 22.5 Å². The predicted octanol–water partition coefficient (Wildman–Crippen LogP) is 2.56. The fourth-order valence-electron chi connectivity index (χ4n) is 1.76. The number of aromatic nitrogens is 1. The number of nitrogens with one attached hydrogen (secondary N) is 1. The van der Waals surface area contributed by atoms with Gasteiger partial charge in [0.05, 0.1) is 6.61 Å². The van der Waals surface area contributed by atoms with Crippen molar-refractivity contribution < 1.29 is 14.3 Å². The van der Waals surface area contributed by atoms with Crippen LogP contribution in [-0.4, -0.2) is 23.5 Å². The van der Waals surface area contributed by atoms with Gasteiger partial charge in [-0.2, -0.15) is 0 Å². The lowest BCUT2D eigenvalue weighted by atomic mass is 10.1. The van der Waals surface area contributed by atoms with Crippen molar-refractivity contribution in [3.8, 4) is 0 Å². The zero-order valence-corrected chi connectivity index (χ0v) is 12.7. The molecule has 110 valence electrons. The molecule has 0 saturated heterocycles. The van der Waals surface area contributed by atoms with Crippen LogP contribution in [0.15, 0.2) is 29.6 Å². The van der Waals surface area contributed by atoms with Crippen LogP contribution in [0, 0.1) is 6.92 Å². The van der Waals surface area contributed by atoms with Gasteiger partial charge in [-0.3, -0.25) is 4.79 Å². The summed E-state index contributed by atoms with van der Waals surface area (Å²) in [6.45, 7) is 4.43. The molecule has 0 saturated carbocycles. The Morgan fingerprint density at radius 2 is 2.19 bits per heavy atom. The molecule has 21 heavy (non-hydrogen) atoms. The first-order chi connectivity index (χ1) is 10.1. The molecular weight excluding hydrogens is 288 g/mol. The van der Waals surface area contributed by atoms with Crippen LogP contribution in [0.4, 0.5) is 0 Å². The molecule has 5 nitrogen and oxygen atoms in total. The zero-order valence-electron chi connectivity index (χ0n) is 11.9. The molecule has 6 heteroatoms. The van der Waals surface area contributed by atoms with Gasteiger partial charge in [0.15, 0.2) is 0 Å². The minimum atomic E-state index is -0.500. The fourth-order valence-corrected chi connectivity index (χ4v) is 2.45. The maximum absolute atomic E-state index is 12.0. The van der Waals surface area contributed by atoms with E-state index >= 15 is 0 Å². The SMILES string of the molecule is CCOC(=O)c1nc(C(=O)NCc2cccc(C)c2)cs1. The standard InChI is InChI=1S/C15H16N2O3S/c1-3-20-15(19)14-17-12(9-21-14)13(18)16-8-11-6-4-5-10(2)7-11/h4-7,9H,3,8H2,1-2H3,(H,16,18). The van der Waals surface area contributed by atoms with E-state index in [-0.39, 0.29) is 23.2 Å². The van der Waals surface area contributed by atoms with Gasteiger partial charge in [-0.25, -0.2) is 9.78 Å². The summed E-state index contributed by atoms with van der Waals surface area (Å²) in [6, 6.07) is 7.89. The molecule has 1 heterocycles. The first-order valence-corrected chi connectivity index (χ1v) is 7.44. The van der Waals surface area contributed by atoms with Crippen molar-refractivity contribution in [2.75, 3.05) is 6.61 Å². The average molecular weight is 304 g/mol. The number of ether oxygens (including phenoxy) is 1. The predicted molar refractivity (Wildman–Crippen MR) is 80.4 cm³/mol. The lowest BCUT2D eigenvalue weighted by Gasteiger charge is -2.04. The van der Waals surface area contributed by atoms with Crippen molar-refractivity contribution in [1.29, 1.82) is 0 Å². The van der Waals surface area contributed by atoms with Gasteiger partial charge in [-0.05, 0) is 19.4 Å². The van der Waals surface area contributed by atoms with Crippen LogP contribution in [0.1, 0.15) is 38.3 Å². The Kier molecular flexibility index (Phi) is 5.05. The Morgan fingerprint density at radius 1 is 1.38 bits per heavy atom. The van der Waals surface area contributed by atoms with Crippen molar-refractivity contribution >= 4 is 23.2 Å². The molecule has 2 aromatic rings. The number of thiazole rings is 1. The van der Waals surface area contributed by atoms with Gasteiger partial charge in [0.2, 0.25) is 5.01 Å². The highest BCUT2D eigenvalue weighted by molar-refractivity contribution is 7.11. The van der Waals surface area contributed by atoms with Crippen molar-refractivity contribution in [2.24, 2.45) is 0 Å². The van der Waals surface area contributed by atoms with Crippen LogP contribution in [0.5, 0.6) is 0 Å². The summed E-state index contributed by atoms with van der Waals surface area (Å²) in [5.74, 6) is -0.802. The van der Waals surface area contributed by atoms with Crippen LogP contribution in [0.25, 0.3) is 0 Å². The maximum atomic E-state index is 12.0. The number of hydrogen-bond acceptors (Lipinski definition) is 5. The van der Waals surface area contributed by atoms with Crippen LogP contribution < -0.4 is 5.32 Å². The van der Waals surface area contributed by atoms with E-state index < -0.39 is 5.97 Å². The van der Waals surface area contributed by atoms with Gasteiger partial charge in [-0.15, -0.1) is 11.3 Å². The maximum Gasteiger partial charge on any atom is 0.367 e. The summed E-state index contributed by atoms with van der Waals surface area (Å²) in [7, 11) is 0. The molecule has 2 rings (SSSR count). The second kappa shape index (κ2) is 6.99. The van der Waals surface area contributed by atoms with E-state index in [9.17, 15) is 9.59 Å². The van der Waals surface area contributed by atoms with Gasteiger partial charge < -0.3 is 10.1 Å². The van der Waals surface area contributed by atoms with E-state index in [1.807, 2.05) is 31.2 Å². The molecule has 0 radical (unpaired) electrons. The van der Waals surface area contributed by atoms with Gasteiger partial charge in [0, 0.05) is 11.9 Å². The monoisotopic (exact) mass is 304 g/mol. The molecule has 0 aliphatic heterocycles. The summed E-state index contributed by atoms with van der Waals surface area (Å²) in [5.41, 5.74) is 2.39. The second-order valence-electron chi connectivity index (χ2n) is 4.43.